The van der Waals surface area contributed by atoms with E-state index in [0.717, 1.165) is 21.3 Å². The van der Waals surface area contributed by atoms with Gasteiger partial charge in [0.1, 0.15) is 0 Å². The smallest absolute Gasteiger partial charge is 0.194 e. The summed E-state index contributed by atoms with van der Waals surface area (Å²) < 4.78 is 40.9. The fourth-order valence-corrected chi connectivity index (χ4v) is 3.16. The molecule has 21 heavy (non-hydrogen) atoms. The third-order valence-corrected chi connectivity index (χ3v) is 4.26. The Balaban J connectivity index is 1.89. The summed E-state index contributed by atoms with van der Waals surface area (Å²) >= 11 is 1.45. The number of hydrogen-bond acceptors (Lipinski definition) is 3. The van der Waals surface area contributed by atoms with E-state index >= 15 is 0 Å². The molecule has 108 valence electrons. The molecule has 2 aromatic carbocycles. The highest BCUT2D eigenvalue weighted by Gasteiger charge is 2.19. The monoisotopic (exact) mass is 308 g/mol. The molecule has 0 saturated heterocycles. The van der Waals surface area contributed by atoms with Crippen molar-refractivity contribution in [3.8, 4) is 0 Å². The van der Waals surface area contributed by atoms with Crippen LogP contribution in [0.3, 0.4) is 0 Å². The van der Waals surface area contributed by atoms with Gasteiger partial charge in [0.25, 0.3) is 0 Å². The molecule has 1 heterocycles. The quantitative estimate of drug-likeness (QED) is 0.744. The van der Waals surface area contributed by atoms with Crippen molar-refractivity contribution >= 4 is 21.6 Å². The molecular weight excluding hydrogens is 297 g/mol. The molecule has 0 radical (unpaired) electrons. The van der Waals surface area contributed by atoms with Gasteiger partial charge in [-0.25, -0.2) is 18.2 Å². The summed E-state index contributed by atoms with van der Waals surface area (Å²) in [6.07, 6.45) is 0.265. The van der Waals surface area contributed by atoms with E-state index in [1.54, 1.807) is 0 Å². The van der Waals surface area contributed by atoms with Gasteiger partial charge in [0, 0.05) is 18.0 Å². The van der Waals surface area contributed by atoms with Gasteiger partial charge in [-0.1, -0.05) is 18.2 Å². The van der Waals surface area contributed by atoms with E-state index in [9.17, 15) is 13.2 Å². The predicted octanol–water partition coefficient (Wildman–Crippen LogP) is 3.96. The summed E-state index contributed by atoms with van der Waals surface area (Å²) in [5.41, 5.74) is 6.70. The summed E-state index contributed by atoms with van der Waals surface area (Å²) in [4.78, 5) is 4.40. The van der Waals surface area contributed by atoms with Crippen LogP contribution in [-0.2, 0) is 6.42 Å². The van der Waals surface area contributed by atoms with Crippen molar-refractivity contribution in [2.24, 2.45) is 5.73 Å². The Morgan fingerprint density at radius 1 is 1.05 bits per heavy atom. The number of rotatable bonds is 3. The summed E-state index contributed by atoms with van der Waals surface area (Å²) in [7, 11) is 0. The number of halogens is 3. The Hall–Kier alpha value is -1.92. The maximum absolute atomic E-state index is 13.7. The molecule has 0 fully saturated rings. The second kappa shape index (κ2) is 5.46. The molecule has 0 saturated carbocycles. The van der Waals surface area contributed by atoms with Crippen LogP contribution in [0.5, 0.6) is 0 Å². The zero-order valence-corrected chi connectivity index (χ0v) is 11.6. The van der Waals surface area contributed by atoms with E-state index < -0.39 is 23.5 Å². The minimum atomic E-state index is -1.49. The molecule has 3 aromatic rings. The van der Waals surface area contributed by atoms with Gasteiger partial charge in [0.2, 0.25) is 0 Å². The topological polar surface area (TPSA) is 38.9 Å². The lowest BCUT2D eigenvalue weighted by atomic mass is 10.0. The fourth-order valence-electron chi connectivity index (χ4n) is 2.13. The van der Waals surface area contributed by atoms with E-state index in [0.29, 0.717) is 0 Å². The van der Waals surface area contributed by atoms with E-state index in [-0.39, 0.29) is 12.0 Å². The lowest BCUT2D eigenvalue weighted by Crippen LogP contribution is -2.16. The predicted molar refractivity (Wildman–Crippen MR) is 76.6 cm³/mol. The zero-order chi connectivity index (χ0) is 15.0. The van der Waals surface area contributed by atoms with Crippen molar-refractivity contribution in [1.82, 2.24) is 4.98 Å². The molecule has 6 heteroatoms. The largest absolute Gasteiger partial charge is 0.324 e. The maximum Gasteiger partial charge on any atom is 0.194 e. The Morgan fingerprint density at radius 3 is 2.57 bits per heavy atom. The third-order valence-electron chi connectivity index (χ3n) is 3.20. The van der Waals surface area contributed by atoms with Crippen LogP contribution in [0.15, 0.2) is 36.4 Å². The molecule has 0 bridgehead atoms. The van der Waals surface area contributed by atoms with Gasteiger partial charge in [-0.3, -0.25) is 0 Å². The lowest BCUT2D eigenvalue weighted by Gasteiger charge is -2.12. The van der Waals surface area contributed by atoms with Crippen molar-refractivity contribution < 1.29 is 13.2 Å². The number of aromatic nitrogens is 1. The first-order valence-electron chi connectivity index (χ1n) is 6.29. The SMILES string of the molecule is NC(Cc1nc2ccccc2s1)c1ccc(F)c(F)c1F. The number of nitrogens with two attached hydrogens (primary N) is 1. The summed E-state index contributed by atoms with van der Waals surface area (Å²) in [6, 6.07) is 8.86. The second-order valence-corrected chi connectivity index (χ2v) is 5.77. The van der Waals surface area contributed by atoms with Crippen molar-refractivity contribution in [2.75, 3.05) is 0 Å². The van der Waals surface area contributed by atoms with Crippen LogP contribution in [0.25, 0.3) is 10.2 Å². The number of hydrogen-bond donors (Lipinski definition) is 1. The highest BCUT2D eigenvalue weighted by atomic mass is 32.1. The average molecular weight is 308 g/mol. The molecule has 2 nitrogen and oxygen atoms in total. The number of fused-ring (bicyclic) bond motifs is 1. The van der Waals surface area contributed by atoms with E-state index in [4.69, 9.17) is 5.73 Å². The number of para-hydroxylation sites is 1. The molecule has 0 amide bonds. The van der Waals surface area contributed by atoms with Gasteiger partial charge in [-0.15, -0.1) is 11.3 Å². The molecule has 1 aromatic heterocycles. The second-order valence-electron chi connectivity index (χ2n) is 4.65. The van der Waals surface area contributed by atoms with Gasteiger partial charge in [-0.2, -0.15) is 0 Å². The van der Waals surface area contributed by atoms with Crippen LogP contribution in [0.4, 0.5) is 13.2 Å². The highest BCUT2D eigenvalue weighted by molar-refractivity contribution is 7.18. The molecule has 0 aliphatic carbocycles. The maximum atomic E-state index is 13.7. The molecule has 3 rings (SSSR count). The Morgan fingerprint density at radius 2 is 1.81 bits per heavy atom. The average Bonchev–Trinajstić information content (AvgIpc) is 2.86. The Labute approximate surface area is 123 Å². The van der Waals surface area contributed by atoms with Gasteiger partial charge in [-0.05, 0) is 18.2 Å². The van der Waals surface area contributed by atoms with Crippen molar-refractivity contribution in [3.05, 3.63) is 64.4 Å². The van der Waals surface area contributed by atoms with Crippen molar-refractivity contribution in [3.63, 3.8) is 0 Å². The minimum Gasteiger partial charge on any atom is -0.324 e. The Kier molecular flexibility index (Phi) is 3.65. The van der Waals surface area contributed by atoms with Gasteiger partial charge in [0.05, 0.1) is 15.2 Å². The number of benzene rings is 2. The number of thiazole rings is 1. The van der Waals surface area contributed by atoms with Crippen LogP contribution < -0.4 is 5.73 Å². The van der Waals surface area contributed by atoms with Crippen LogP contribution in [0, 0.1) is 17.5 Å². The van der Waals surface area contributed by atoms with E-state index in [1.807, 2.05) is 24.3 Å². The van der Waals surface area contributed by atoms with Gasteiger partial charge in [0.15, 0.2) is 17.5 Å². The zero-order valence-electron chi connectivity index (χ0n) is 10.8. The molecule has 1 unspecified atom stereocenters. The van der Waals surface area contributed by atoms with Crippen LogP contribution in [-0.4, -0.2) is 4.98 Å². The minimum absolute atomic E-state index is 0.0480. The van der Waals surface area contributed by atoms with E-state index in [1.165, 1.54) is 17.4 Å². The summed E-state index contributed by atoms with van der Waals surface area (Å²) in [5, 5.41) is 0.729. The number of nitrogens with zero attached hydrogens (tertiary/aromatic N) is 1. The molecular formula is C15H11F3N2S. The van der Waals surface area contributed by atoms with Crippen molar-refractivity contribution in [1.29, 1.82) is 0 Å². The normalized spacial score (nSPS) is 12.8. The third kappa shape index (κ3) is 2.64. The van der Waals surface area contributed by atoms with E-state index in [2.05, 4.69) is 4.98 Å². The van der Waals surface area contributed by atoms with Crippen LogP contribution in [0.2, 0.25) is 0 Å². The van der Waals surface area contributed by atoms with Crippen LogP contribution >= 0.6 is 11.3 Å². The van der Waals surface area contributed by atoms with Gasteiger partial charge >= 0.3 is 0 Å². The molecule has 0 spiro atoms. The molecule has 0 aliphatic heterocycles. The van der Waals surface area contributed by atoms with Crippen molar-refractivity contribution in [2.45, 2.75) is 12.5 Å². The highest BCUT2D eigenvalue weighted by Crippen LogP contribution is 2.27. The first-order chi connectivity index (χ1) is 10.1. The first-order valence-corrected chi connectivity index (χ1v) is 7.11. The first kappa shape index (κ1) is 14.0. The standard InChI is InChI=1S/C15H11F3N2S/c16-9-6-5-8(14(17)15(9)18)10(19)7-13-20-11-3-1-2-4-12(11)21-13/h1-6,10H,7,19H2. The van der Waals surface area contributed by atoms with Crippen LogP contribution in [0.1, 0.15) is 16.6 Å². The molecule has 1 atom stereocenters. The lowest BCUT2D eigenvalue weighted by molar-refractivity contribution is 0.435. The fraction of sp³-hybridized carbons (Fsp3) is 0.133. The summed E-state index contributed by atoms with van der Waals surface area (Å²) in [6.45, 7) is 0. The molecule has 0 aliphatic rings. The Bertz CT molecular complexity index is 768. The molecule has 2 N–H and O–H groups in total. The summed E-state index contributed by atoms with van der Waals surface area (Å²) in [5.74, 6) is -3.95. The van der Waals surface area contributed by atoms with Gasteiger partial charge < -0.3 is 5.73 Å².